The molecule has 74 valence electrons. The molecule has 0 aromatic heterocycles. The Kier molecular flexibility index (Phi) is 4.32. The Morgan fingerprint density at radius 3 is 2.62 bits per heavy atom. The van der Waals surface area contributed by atoms with Crippen LogP contribution in [0.3, 0.4) is 0 Å². The molecule has 4 heteroatoms. The molecular formula is C9H16N2OS. The number of rotatable bonds is 2. The SMILES string of the molecule is C=C(S)C(=NCC)N1CCOCC1. The zero-order valence-corrected chi connectivity index (χ0v) is 8.89. The summed E-state index contributed by atoms with van der Waals surface area (Å²) in [5, 5.41) is 0. The Hall–Kier alpha value is -0.480. The molecule has 0 unspecified atom stereocenters. The fourth-order valence-corrected chi connectivity index (χ4v) is 1.51. The first-order valence-electron chi connectivity index (χ1n) is 4.51. The van der Waals surface area contributed by atoms with E-state index in [1.54, 1.807) is 0 Å². The smallest absolute Gasteiger partial charge is 0.136 e. The second-order valence-corrected chi connectivity index (χ2v) is 3.38. The van der Waals surface area contributed by atoms with Gasteiger partial charge in [-0.15, -0.1) is 12.6 Å². The third-order valence-corrected chi connectivity index (χ3v) is 2.08. The van der Waals surface area contributed by atoms with Crippen molar-refractivity contribution in [3.63, 3.8) is 0 Å². The lowest BCUT2D eigenvalue weighted by atomic mass is 10.4. The first kappa shape index (κ1) is 10.6. The number of amidine groups is 1. The molecule has 1 fully saturated rings. The molecule has 0 aromatic rings. The molecule has 0 radical (unpaired) electrons. The fourth-order valence-electron chi connectivity index (χ4n) is 1.30. The lowest BCUT2D eigenvalue weighted by Gasteiger charge is -2.29. The van der Waals surface area contributed by atoms with Gasteiger partial charge in [0.2, 0.25) is 0 Å². The molecule has 0 atom stereocenters. The van der Waals surface area contributed by atoms with Gasteiger partial charge >= 0.3 is 0 Å². The van der Waals surface area contributed by atoms with Gasteiger partial charge in [0.1, 0.15) is 5.84 Å². The Bertz CT molecular complexity index is 210. The van der Waals surface area contributed by atoms with Crippen LogP contribution in [0.15, 0.2) is 16.5 Å². The molecule has 0 N–H and O–H groups in total. The van der Waals surface area contributed by atoms with Crippen molar-refractivity contribution >= 4 is 18.5 Å². The largest absolute Gasteiger partial charge is 0.378 e. The van der Waals surface area contributed by atoms with Crippen molar-refractivity contribution in [2.45, 2.75) is 6.92 Å². The molecule has 0 amide bonds. The van der Waals surface area contributed by atoms with Gasteiger partial charge in [0.15, 0.2) is 0 Å². The summed E-state index contributed by atoms with van der Waals surface area (Å²) < 4.78 is 5.26. The highest BCUT2D eigenvalue weighted by atomic mass is 32.1. The minimum Gasteiger partial charge on any atom is -0.378 e. The van der Waals surface area contributed by atoms with E-state index in [9.17, 15) is 0 Å². The number of morpholine rings is 1. The van der Waals surface area contributed by atoms with E-state index in [1.807, 2.05) is 6.92 Å². The summed E-state index contributed by atoms with van der Waals surface area (Å²) in [5.41, 5.74) is 0. The number of nitrogens with zero attached hydrogens (tertiary/aromatic N) is 2. The number of thiol groups is 1. The van der Waals surface area contributed by atoms with E-state index < -0.39 is 0 Å². The third kappa shape index (κ3) is 3.04. The molecule has 0 aromatic carbocycles. The van der Waals surface area contributed by atoms with E-state index in [1.165, 1.54) is 0 Å². The molecule has 13 heavy (non-hydrogen) atoms. The first-order chi connectivity index (χ1) is 6.25. The predicted octanol–water partition coefficient (Wildman–Crippen LogP) is 1.18. The monoisotopic (exact) mass is 200 g/mol. The van der Waals surface area contributed by atoms with Crippen molar-refractivity contribution in [2.75, 3.05) is 32.8 Å². The molecule has 0 spiro atoms. The number of hydrogen-bond donors (Lipinski definition) is 1. The van der Waals surface area contributed by atoms with E-state index in [4.69, 9.17) is 4.74 Å². The van der Waals surface area contributed by atoms with Crippen molar-refractivity contribution < 1.29 is 4.74 Å². The molecule has 0 bridgehead atoms. The van der Waals surface area contributed by atoms with Crippen molar-refractivity contribution in [1.82, 2.24) is 4.90 Å². The van der Waals surface area contributed by atoms with E-state index in [-0.39, 0.29) is 0 Å². The molecule has 1 saturated heterocycles. The quantitative estimate of drug-likeness (QED) is 0.411. The third-order valence-electron chi connectivity index (χ3n) is 1.88. The Morgan fingerprint density at radius 1 is 1.54 bits per heavy atom. The van der Waals surface area contributed by atoms with Crippen LogP contribution in [0.4, 0.5) is 0 Å². The van der Waals surface area contributed by atoms with Crippen LogP contribution < -0.4 is 0 Å². The minimum atomic E-state index is 0.740. The highest BCUT2D eigenvalue weighted by Gasteiger charge is 2.15. The molecular weight excluding hydrogens is 184 g/mol. The van der Waals surface area contributed by atoms with Crippen molar-refractivity contribution in [1.29, 1.82) is 0 Å². The second-order valence-electron chi connectivity index (χ2n) is 2.84. The van der Waals surface area contributed by atoms with Crippen LogP contribution >= 0.6 is 12.6 Å². The number of hydrogen-bond acceptors (Lipinski definition) is 3. The van der Waals surface area contributed by atoms with Gasteiger partial charge < -0.3 is 9.64 Å². The lowest BCUT2D eigenvalue weighted by Crippen LogP contribution is -2.41. The second kappa shape index (κ2) is 5.29. The van der Waals surface area contributed by atoms with E-state index in [0.717, 1.165) is 43.6 Å². The van der Waals surface area contributed by atoms with Gasteiger partial charge in [0, 0.05) is 24.5 Å². The number of ether oxygens (including phenoxy) is 1. The molecule has 0 saturated carbocycles. The summed E-state index contributed by atoms with van der Waals surface area (Å²) in [6, 6.07) is 0. The zero-order valence-electron chi connectivity index (χ0n) is 7.99. The van der Waals surface area contributed by atoms with Gasteiger partial charge in [-0.1, -0.05) is 6.58 Å². The van der Waals surface area contributed by atoms with Gasteiger partial charge in [-0.05, 0) is 6.92 Å². The molecule has 0 aliphatic carbocycles. The summed E-state index contributed by atoms with van der Waals surface area (Å²) in [5.74, 6) is 0.911. The van der Waals surface area contributed by atoms with Crippen LogP contribution in [-0.2, 0) is 4.74 Å². The molecule has 3 nitrogen and oxygen atoms in total. The molecule has 1 rings (SSSR count). The van der Waals surface area contributed by atoms with Crippen LogP contribution in [-0.4, -0.2) is 43.6 Å². The van der Waals surface area contributed by atoms with Gasteiger partial charge in [-0.25, -0.2) is 0 Å². The predicted molar refractivity (Wildman–Crippen MR) is 58.5 cm³/mol. The summed E-state index contributed by atoms with van der Waals surface area (Å²) in [7, 11) is 0. The Labute approximate surface area is 84.9 Å². The van der Waals surface area contributed by atoms with Crippen LogP contribution in [0.5, 0.6) is 0 Å². The van der Waals surface area contributed by atoms with E-state index in [2.05, 4.69) is 29.1 Å². The summed E-state index contributed by atoms with van der Waals surface area (Å²) in [6.07, 6.45) is 0. The summed E-state index contributed by atoms with van der Waals surface area (Å²) in [4.78, 5) is 7.27. The van der Waals surface area contributed by atoms with E-state index >= 15 is 0 Å². The van der Waals surface area contributed by atoms with E-state index in [0.29, 0.717) is 0 Å². The maximum absolute atomic E-state index is 5.26. The van der Waals surface area contributed by atoms with Gasteiger partial charge in [0.05, 0.1) is 13.2 Å². The number of aliphatic imine (C=N–C) groups is 1. The van der Waals surface area contributed by atoms with Gasteiger partial charge in [-0.3, -0.25) is 4.99 Å². The van der Waals surface area contributed by atoms with Crippen LogP contribution in [0.1, 0.15) is 6.92 Å². The molecule has 1 aliphatic heterocycles. The maximum atomic E-state index is 5.26. The van der Waals surface area contributed by atoms with Crippen LogP contribution in [0, 0.1) is 0 Å². The van der Waals surface area contributed by atoms with Crippen LogP contribution in [0.2, 0.25) is 0 Å². The average Bonchev–Trinajstić information content (AvgIpc) is 2.15. The van der Waals surface area contributed by atoms with Gasteiger partial charge in [-0.2, -0.15) is 0 Å². The standard InChI is InChI=1S/C9H16N2OS/c1-3-10-9(8(2)13)11-4-6-12-7-5-11/h13H,2-7H2,1H3. The Morgan fingerprint density at radius 2 is 2.15 bits per heavy atom. The Balaban J connectivity index is 2.63. The lowest BCUT2D eigenvalue weighted by molar-refractivity contribution is 0.0683. The average molecular weight is 200 g/mol. The summed E-state index contributed by atoms with van der Waals surface area (Å²) in [6.45, 7) is 9.89. The van der Waals surface area contributed by atoms with Crippen molar-refractivity contribution in [3.05, 3.63) is 11.5 Å². The maximum Gasteiger partial charge on any atom is 0.136 e. The molecule has 1 aliphatic rings. The highest BCUT2D eigenvalue weighted by Crippen LogP contribution is 2.08. The topological polar surface area (TPSA) is 24.8 Å². The zero-order chi connectivity index (χ0) is 9.68. The highest BCUT2D eigenvalue weighted by molar-refractivity contribution is 7.85. The molecule has 1 heterocycles. The van der Waals surface area contributed by atoms with Crippen molar-refractivity contribution in [3.8, 4) is 0 Å². The summed E-state index contributed by atoms with van der Waals surface area (Å²) >= 11 is 4.23. The first-order valence-corrected chi connectivity index (χ1v) is 4.95. The van der Waals surface area contributed by atoms with Gasteiger partial charge in [0.25, 0.3) is 0 Å². The minimum absolute atomic E-state index is 0.740. The normalized spacial score (nSPS) is 18.9. The van der Waals surface area contributed by atoms with Crippen LogP contribution in [0.25, 0.3) is 0 Å². The fraction of sp³-hybridized carbons (Fsp3) is 0.667. The van der Waals surface area contributed by atoms with Crippen molar-refractivity contribution in [2.24, 2.45) is 4.99 Å².